The van der Waals surface area contributed by atoms with E-state index in [1.165, 1.54) is 32.2 Å². The van der Waals surface area contributed by atoms with Gasteiger partial charge in [0, 0.05) is 25.2 Å². The van der Waals surface area contributed by atoms with E-state index >= 15 is 0 Å². The van der Waals surface area contributed by atoms with Crippen LogP contribution in [0.1, 0.15) is 45.4 Å². The van der Waals surface area contributed by atoms with Gasteiger partial charge < -0.3 is 20.1 Å². The molecule has 2 rings (SSSR count). The zero-order chi connectivity index (χ0) is 13.5. The summed E-state index contributed by atoms with van der Waals surface area (Å²) >= 11 is 0. The van der Waals surface area contributed by atoms with Crippen molar-refractivity contribution in [2.75, 3.05) is 32.8 Å². The Morgan fingerprint density at radius 2 is 2.21 bits per heavy atom. The Morgan fingerprint density at radius 1 is 1.37 bits per heavy atom. The third-order valence-corrected chi connectivity index (χ3v) is 4.08. The molecule has 0 radical (unpaired) electrons. The second kappa shape index (κ2) is 8.20. The summed E-state index contributed by atoms with van der Waals surface area (Å²) < 4.78 is 5.86. The summed E-state index contributed by atoms with van der Waals surface area (Å²) in [5.41, 5.74) is 0. The molecule has 1 saturated heterocycles. The lowest BCUT2D eigenvalue weighted by Crippen LogP contribution is -2.43. The second-order valence-corrected chi connectivity index (χ2v) is 6.04. The van der Waals surface area contributed by atoms with Crippen LogP contribution in [-0.4, -0.2) is 61.0 Å². The van der Waals surface area contributed by atoms with Crippen molar-refractivity contribution in [1.29, 1.82) is 0 Å². The van der Waals surface area contributed by atoms with E-state index in [2.05, 4.69) is 17.1 Å². The Bertz CT molecular complexity index is 246. The minimum Gasteiger partial charge on any atom is -0.395 e. The molecular formula is C15H30N2O2. The van der Waals surface area contributed by atoms with Crippen molar-refractivity contribution in [2.24, 2.45) is 0 Å². The monoisotopic (exact) mass is 270 g/mol. The average Bonchev–Trinajstić information content (AvgIpc) is 3.25. The molecule has 0 spiro atoms. The Balaban J connectivity index is 1.63. The van der Waals surface area contributed by atoms with Gasteiger partial charge in [-0.25, -0.2) is 0 Å². The number of nitrogens with zero attached hydrogens (tertiary/aromatic N) is 1. The highest BCUT2D eigenvalue weighted by Crippen LogP contribution is 2.20. The molecule has 0 aromatic rings. The molecule has 1 saturated carbocycles. The van der Waals surface area contributed by atoms with Crippen LogP contribution in [0.3, 0.4) is 0 Å². The Kier molecular flexibility index (Phi) is 6.57. The second-order valence-electron chi connectivity index (χ2n) is 6.04. The number of ether oxygens (including phenoxy) is 1. The van der Waals surface area contributed by atoms with E-state index in [-0.39, 0.29) is 12.6 Å². The third kappa shape index (κ3) is 5.78. The summed E-state index contributed by atoms with van der Waals surface area (Å²) in [6, 6.07) is 0.962. The van der Waals surface area contributed by atoms with E-state index in [1.807, 2.05) is 0 Å². The fourth-order valence-corrected chi connectivity index (χ4v) is 2.79. The van der Waals surface area contributed by atoms with Gasteiger partial charge in [0.05, 0.1) is 12.7 Å². The number of hydrogen-bond acceptors (Lipinski definition) is 4. The molecule has 2 fully saturated rings. The van der Waals surface area contributed by atoms with Gasteiger partial charge in [0.1, 0.15) is 0 Å². The van der Waals surface area contributed by atoms with Gasteiger partial charge in [0.25, 0.3) is 0 Å². The molecule has 4 nitrogen and oxygen atoms in total. The predicted octanol–water partition coefficient (Wildman–Crippen LogP) is 1.38. The van der Waals surface area contributed by atoms with Crippen LogP contribution in [-0.2, 0) is 4.74 Å². The highest BCUT2D eigenvalue weighted by atomic mass is 16.5. The molecule has 4 heteroatoms. The van der Waals surface area contributed by atoms with Crippen LogP contribution in [0.2, 0.25) is 0 Å². The van der Waals surface area contributed by atoms with E-state index in [9.17, 15) is 5.11 Å². The van der Waals surface area contributed by atoms with Crippen molar-refractivity contribution in [2.45, 2.75) is 63.6 Å². The van der Waals surface area contributed by atoms with Gasteiger partial charge in [-0.1, -0.05) is 6.92 Å². The van der Waals surface area contributed by atoms with Gasteiger partial charge in [-0.3, -0.25) is 0 Å². The standard InChI is InChI=1S/C15H30N2O2/c1-2-10-19-15-4-3-8-17(11-15)9-7-14(12-18)16-13-5-6-13/h13-16,18H,2-12H2,1H3. The van der Waals surface area contributed by atoms with Crippen LogP contribution in [0.4, 0.5) is 0 Å². The van der Waals surface area contributed by atoms with Gasteiger partial charge in [0.15, 0.2) is 0 Å². The molecule has 0 aromatic carbocycles. The zero-order valence-corrected chi connectivity index (χ0v) is 12.3. The lowest BCUT2D eigenvalue weighted by atomic mass is 10.1. The number of aliphatic hydroxyl groups is 1. The van der Waals surface area contributed by atoms with Crippen LogP contribution in [0, 0.1) is 0 Å². The van der Waals surface area contributed by atoms with Crippen LogP contribution in [0.15, 0.2) is 0 Å². The van der Waals surface area contributed by atoms with Crippen molar-refractivity contribution in [3.8, 4) is 0 Å². The van der Waals surface area contributed by atoms with Crippen molar-refractivity contribution in [3.05, 3.63) is 0 Å². The van der Waals surface area contributed by atoms with Crippen LogP contribution >= 0.6 is 0 Å². The van der Waals surface area contributed by atoms with Crippen LogP contribution in [0.25, 0.3) is 0 Å². The average molecular weight is 270 g/mol. The van der Waals surface area contributed by atoms with Crippen molar-refractivity contribution in [1.82, 2.24) is 10.2 Å². The molecule has 1 aliphatic heterocycles. The van der Waals surface area contributed by atoms with E-state index in [0.717, 1.165) is 32.5 Å². The molecule has 2 aliphatic rings. The topological polar surface area (TPSA) is 44.7 Å². The first kappa shape index (κ1) is 15.2. The summed E-state index contributed by atoms with van der Waals surface area (Å²) in [6.07, 6.45) is 7.61. The lowest BCUT2D eigenvalue weighted by Gasteiger charge is -2.33. The maximum atomic E-state index is 9.39. The molecule has 112 valence electrons. The Morgan fingerprint density at radius 3 is 2.89 bits per heavy atom. The first-order valence-corrected chi connectivity index (χ1v) is 8.02. The molecular weight excluding hydrogens is 240 g/mol. The van der Waals surface area contributed by atoms with E-state index < -0.39 is 0 Å². The highest BCUT2D eigenvalue weighted by Gasteiger charge is 2.25. The first-order chi connectivity index (χ1) is 9.31. The van der Waals surface area contributed by atoms with E-state index in [0.29, 0.717) is 12.1 Å². The highest BCUT2D eigenvalue weighted by molar-refractivity contribution is 4.85. The molecule has 2 unspecified atom stereocenters. The molecule has 0 amide bonds. The number of likely N-dealkylation sites (tertiary alicyclic amines) is 1. The summed E-state index contributed by atoms with van der Waals surface area (Å²) in [5.74, 6) is 0. The van der Waals surface area contributed by atoms with E-state index in [1.54, 1.807) is 0 Å². The maximum absolute atomic E-state index is 9.39. The molecule has 19 heavy (non-hydrogen) atoms. The summed E-state index contributed by atoms with van der Waals surface area (Å²) in [5, 5.41) is 12.9. The quantitative estimate of drug-likeness (QED) is 0.664. The van der Waals surface area contributed by atoms with Crippen molar-refractivity contribution >= 4 is 0 Å². The number of rotatable bonds is 9. The summed E-state index contributed by atoms with van der Waals surface area (Å²) in [7, 11) is 0. The Labute approximate surface area is 117 Å². The van der Waals surface area contributed by atoms with Crippen LogP contribution in [0.5, 0.6) is 0 Å². The molecule has 0 bridgehead atoms. The minimum atomic E-state index is 0.264. The number of nitrogens with one attached hydrogen (secondary N) is 1. The van der Waals surface area contributed by atoms with Gasteiger partial charge >= 0.3 is 0 Å². The van der Waals surface area contributed by atoms with E-state index in [4.69, 9.17) is 4.74 Å². The van der Waals surface area contributed by atoms with Gasteiger partial charge in [-0.05, 0) is 51.6 Å². The SMILES string of the molecule is CCCOC1CCCN(CCC(CO)NC2CC2)C1. The minimum absolute atomic E-state index is 0.264. The number of piperidine rings is 1. The van der Waals surface area contributed by atoms with Crippen molar-refractivity contribution in [3.63, 3.8) is 0 Å². The molecule has 2 N–H and O–H groups in total. The van der Waals surface area contributed by atoms with Gasteiger partial charge in [-0.15, -0.1) is 0 Å². The molecule has 1 heterocycles. The summed E-state index contributed by atoms with van der Waals surface area (Å²) in [6.45, 7) is 6.66. The predicted molar refractivity (Wildman–Crippen MR) is 77.4 cm³/mol. The summed E-state index contributed by atoms with van der Waals surface area (Å²) in [4.78, 5) is 2.50. The molecule has 1 aliphatic carbocycles. The van der Waals surface area contributed by atoms with Crippen LogP contribution < -0.4 is 5.32 Å². The first-order valence-electron chi connectivity index (χ1n) is 8.02. The number of hydrogen-bond donors (Lipinski definition) is 2. The fraction of sp³-hybridized carbons (Fsp3) is 1.00. The number of aliphatic hydroxyl groups excluding tert-OH is 1. The normalized spacial score (nSPS) is 26.5. The van der Waals surface area contributed by atoms with Crippen molar-refractivity contribution < 1.29 is 9.84 Å². The smallest absolute Gasteiger partial charge is 0.0702 e. The lowest BCUT2D eigenvalue weighted by molar-refractivity contribution is -0.00126. The van der Waals surface area contributed by atoms with Gasteiger partial charge in [-0.2, -0.15) is 0 Å². The molecule has 0 aromatic heterocycles. The maximum Gasteiger partial charge on any atom is 0.0702 e. The molecule has 2 atom stereocenters. The van der Waals surface area contributed by atoms with Gasteiger partial charge in [0.2, 0.25) is 0 Å². The largest absolute Gasteiger partial charge is 0.395 e. The third-order valence-electron chi connectivity index (χ3n) is 4.08. The Hall–Kier alpha value is -0.160. The fourth-order valence-electron chi connectivity index (χ4n) is 2.79. The zero-order valence-electron chi connectivity index (χ0n) is 12.3.